The molecule has 352 valence electrons. The van der Waals surface area contributed by atoms with Crippen LogP contribution in [0.5, 0.6) is 0 Å². The average molecular weight is 879 g/mol. The predicted octanol–water partition coefficient (Wildman–Crippen LogP) is -1.03. The molecule has 0 bridgehead atoms. The van der Waals surface area contributed by atoms with Crippen LogP contribution in [0, 0.1) is 11.8 Å². The number of rotatable bonds is 42. The molecule has 0 aromatic carbocycles. The summed E-state index contributed by atoms with van der Waals surface area (Å²) in [5.74, 6) is -1.97. The first-order valence-electron chi connectivity index (χ1n) is 21.3. The second-order valence-electron chi connectivity index (χ2n) is 13.9. The minimum absolute atomic E-state index is 0.0769. The van der Waals surface area contributed by atoms with Crippen LogP contribution in [-0.2, 0) is 80.9 Å². The first-order chi connectivity index (χ1) is 29.7. The van der Waals surface area contributed by atoms with Gasteiger partial charge in [-0.05, 0) is 0 Å². The summed E-state index contributed by atoms with van der Waals surface area (Å²) in [5, 5.41) is 5.41. The van der Waals surface area contributed by atoms with E-state index >= 15 is 0 Å². The van der Waals surface area contributed by atoms with Crippen LogP contribution in [0.25, 0.3) is 0 Å². The van der Waals surface area contributed by atoms with Crippen LogP contribution >= 0.6 is 0 Å². The molecular weight excluding hydrogens is 808 g/mol. The summed E-state index contributed by atoms with van der Waals surface area (Å²) in [6.07, 6.45) is 0.570. The fourth-order valence-electron chi connectivity index (χ4n) is 5.60. The van der Waals surface area contributed by atoms with E-state index in [1.165, 1.54) is 0 Å². The quantitative estimate of drug-likeness (QED) is 0.0551. The van der Waals surface area contributed by atoms with E-state index in [1.807, 2.05) is 0 Å². The summed E-state index contributed by atoms with van der Waals surface area (Å²) in [7, 11) is 0. The molecule has 61 heavy (non-hydrogen) atoms. The lowest BCUT2D eigenvalue weighted by Gasteiger charge is -2.14. The molecule has 0 saturated carbocycles. The highest BCUT2D eigenvalue weighted by atomic mass is 16.6. The average Bonchev–Trinajstić information content (AvgIpc) is 3.64. The number of imide groups is 2. The van der Waals surface area contributed by atoms with E-state index in [2.05, 4.69) is 10.6 Å². The Hall–Kier alpha value is -3.22. The number of ether oxygens (including phenoxy) is 11. The summed E-state index contributed by atoms with van der Waals surface area (Å²) < 4.78 is 60.1. The van der Waals surface area contributed by atoms with Gasteiger partial charge in [0.05, 0.1) is 145 Å². The van der Waals surface area contributed by atoms with Gasteiger partial charge in [0.15, 0.2) is 0 Å². The fourth-order valence-corrected chi connectivity index (χ4v) is 5.60. The van der Waals surface area contributed by atoms with Crippen molar-refractivity contribution < 1.29 is 80.9 Å². The van der Waals surface area contributed by atoms with Crippen molar-refractivity contribution >= 4 is 35.4 Å². The van der Waals surface area contributed by atoms with Crippen LogP contribution in [0.3, 0.4) is 0 Å². The molecule has 2 heterocycles. The molecule has 2 rings (SSSR count). The molecule has 6 amide bonds. The molecule has 2 aliphatic heterocycles. The summed E-state index contributed by atoms with van der Waals surface area (Å²) in [6.45, 7) is 13.7. The highest BCUT2D eigenvalue weighted by Gasteiger charge is 2.36. The zero-order valence-corrected chi connectivity index (χ0v) is 36.2. The summed E-state index contributed by atoms with van der Waals surface area (Å²) >= 11 is 0. The number of amides is 6. The lowest BCUT2D eigenvalue weighted by molar-refractivity contribution is -0.141. The maximum Gasteiger partial charge on any atom is 0.232 e. The molecule has 2 fully saturated rings. The first kappa shape index (κ1) is 53.9. The second kappa shape index (κ2) is 36.3. The third-order valence-corrected chi connectivity index (χ3v) is 8.92. The van der Waals surface area contributed by atoms with Gasteiger partial charge >= 0.3 is 0 Å². The molecule has 2 N–H and O–H groups in total. The number of hydrogen-bond donors (Lipinski definition) is 2. The maximum atomic E-state index is 11.9. The zero-order chi connectivity index (χ0) is 44.2. The van der Waals surface area contributed by atoms with Gasteiger partial charge in [-0.1, -0.05) is 13.8 Å². The summed E-state index contributed by atoms with van der Waals surface area (Å²) in [6, 6.07) is 0. The smallest absolute Gasteiger partial charge is 0.232 e. The van der Waals surface area contributed by atoms with Crippen LogP contribution in [0.4, 0.5) is 0 Å². The van der Waals surface area contributed by atoms with Gasteiger partial charge in [0, 0.05) is 63.7 Å². The maximum absolute atomic E-state index is 11.9. The van der Waals surface area contributed by atoms with Gasteiger partial charge in [-0.25, -0.2) is 0 Å². The Balaban J connectivity index is 1.15. The van der Waals surface area contributed by atoms with Crippen molar-refractivity contribution in [2.75, 3.05) is 172 Å². The van der Waals surface area contributed by atoms with Gasteiger partial charge in [-0.15, -0.1) is 0 Å². The monoisotopic (exact) mass is 878 g/mol. The Morgan fingerprint density at radius 1 is 0.410 bits per heavy atom. The Morgan fingerprint density at radius 2 is 0.623 bits per heavy atom. The van der Waals surface area contributed by atoms with Gasteiger partial charge in [-0.3, -0.25) is 38.6 Å². The lowest BCUT2D eigenvalue weighted by Crippen LogP contribution is -2.35. The third-order valence-electron chi connectivity index (χ3n) is 8.92. The van der Waals surface area contributed by atoms with Crippen LogP contribution in [0.15, 0.2) is 0 Å². The number of nitrogens with one attached hydrogen (secondary N) is 2. The van der Waals surface area contributed by atoms with E-state index in [4.69, 9.17) is 52.1 Å². The second-order valence-corrected chi connectivity index (χ2v) is 13.9. The molecule has 2 saturated heterocycles. The van der Waals surface area contributed by atoms with Crippen molar-refractivity contribution in [3.05, 3.63) is 0 Å². The molecule has 2 unspecified atom stereocenters. The highest BCUT2D eigenvalue weighted by molar-refractivity contribution is 6.04. The molecule has 0 spiro atoms. The Labute approximate surface area is 359 Å². The molecule has 0 radical (unpaired) electrons. The van der Waals surface area contributed by atoms with E-state index in [0.29, 0.717) is 158 Å². The van der Waals surface area contributed by atoms with Gasteiger partial charge in [-0.2, -0.15) is 0 Å². The first-order valence-corrected chi connectivity index (χ1v) is 21.3. The number of carbonyl (C=O) groups excluding carboxylic acids is 6. The Morgan fingerprint density at radius 3 is 0.820 bits per heavy atom. The van der Waals surface area contributed by atoms with Crippen molar-refractivity contribution in [3.63, 3.8) is 0 Å². The Bertz CT molecular complexity index is 1140. The van der Waals surface area contributed by atoms with Gasteiger partial charge < -0.3 is 62.7 Å². The van der Waals surface area contributed by atoms with Crippen molar-refractivity contribution in [2.45, 2.75) is 39.5 Å². The van der Waals surface area contributed by atoms with Crippen LogP contribution in [-0.4, -0.2) is 217 Å². The number of likely N-dealkylation sites (tertiary alicyclic amines) is 2. The van der Waals surface area contributed by atoms with Crippen LogP contribution < -0.4 is 10.6 Å². The topological polar surface area (TPSA) is 234 Å². The molecule has 0 aliphatic carbocycles. The van der Waals surface area contributed by atoms with E-state index in [1.54, 1.807) is 13.8 Å². The summed E-state index contributed by atoms with van der Waals surface area (Å²) in [5.41, 5.74) is 0. The van der Waals surface area contributed by atoms with Gasteiger partial charge in [0.1, 0.15) is 0 Å². The number of hydrogen-bond acceptors (Lipinski definition) is 17. The van der Waals surface area contributed by atoms with Crippen molar-refractivity contribution in [1.82, 2.24) is 20.4 Å². The largest absolute Gasteiger partial charge is 0.377 e. The van der Waals surface area contributed by atoms with Crippen molar-refractivity contribution in [3.8, 4) is 0 Å². The molecule has 2 atom stereocenters. The van der Waals surface area contributed by atoms with Crippen molar-refractivity contribution in [2.24, 2.45) is 11.8 Å². The lowest BCUT2D eigenvalue weighted by atomic mass is 10.1. The summed E-state index contributed by atoms with van der Waals surface area (Å²) in [4.78, 5) is 73.4. The van der Waals surface area contributed by atoms with Gasteiger partial charge in [0.2, 0.25) is 35.4 Å². The number of nitrogens with zero attached hydrogens (tertiary/aromatic N) is 2. The third kappa shape index (κ3) is 27.5. The molecule has 21 heteroatoms. The number of carbonyl (C=O) groups is 6. The van der Waals surface area contributed by atoms with Gasteiger partial charge in [0.25, 0.3) is 0 Å². The predicted molar refractivity (Wildman–Crippen MR) is 215 cm³/mol. The van der Waals surface area contributed by atoms with E-state index in [0.717, 1.165) is 9.80 Å². The fraction of sp³-hybridized carbons (Fsp3) is 0.850. The van der Waals surface area contributed by atoms with E-state index < -0.39 is 0 Å². The minimum Gasteiger partial charge on any atom is -0.377 e. The molecular formula is C40H70N4O17. The SMILES string of the molecule is CC1CC(=O)N(CCC(=O)NCCOCCOCCOCCOCCOCCOCCOCCOCCOCCOCCOCCNC(=O)CCN2C(=O)CC(C)C2=O)C1=O. The normalized spacial score (nSPS) is 16.7. The minimum atomic E-state index is -0.308. The van der Waals surface area contributed by atoms with E-state index in [9.17, 15) is 28.8 Å². The zero-order valence-electron chi connectivity index (χ0n) is 36.2. The molecule has 21 nitrogen and oxygen atoms in total. The molecule has 2 aliphatic rings. The standard InChI is InChI=1S/C40H70N4O17/c1-33-31-37(47)43(39(33)49)7-3-35(45)41-5-9-51-11-13-53-15-17-55-19-21-57-23-25-59-27-29-61-30-28-60-26-24-58-22-20-56-18-16-54-14-12-52-10-6-42-36(46)4-8-44-38(48)32-34(2)40(44)50/h33-34H,3-32H2,1-2H3,(H,41,45)(H,42,46). The Kier molecular flexibility index (Phi) is 32.1. The van der Waals surface area contributed by atoms with E-state index in [-0.39, 0.29) is 86.1 Å². The molecule has 0 aromatic rings. The van der Waals surface area contributed by atoms with Crippen molar-refractivity contribution in [1.29, 1.82) is 0 Å². The highest BCUT2D eigenvalue weighted by Crippen LogP contribution is 2.19. The van der Waals surface area contributed by atoms with Crippen LogP contribution in [0.1, 0.15) is 39.5 Å². The van der Waals surface area contributed by atoms with Crippen LogP contribution in [0.2, 0.25) is 0 Å². The molecule has 0 aromatic heterocycles.